The molecule has 0 amide bonds. The lowest BCUT2D eigenvalue weighted by Gasteiger charge is -2.09. The normalized spacial score (nSPS) is 11.1. The molecule has 0 aliphatic rings. The van der Waals surface area contributed by atoms with Crippen LogP contribution >= 0.6 is 22.6 Å². The van der Waals surface area contributed by atoms with Gasteiger partial charge in [0.1, 0.15) is 5.75 Å². The number of benzene rings is 2. The Kier molecular flexibility index (Phi) is 4.31. The van der Waals surface area contributed by atoms with E-state index in [1.165, 1.54) is 7.11 Å². The van der Waals surface area contributed by atoms with Crippen molar-refractivity contribution in [3.63, 3.8) is 0 Å². The third kappa shape index (κ3) is 3.60. The minimum Gasteiger partial charge on any atom is -0.497 e. The van der Waals surface area contributed by atoms with Crippen molar-refractivity contribution < 1.29 is 13.2 Å². The molecule has 1 N–H and O–H groups in total. The topological polar surface area (TPSA) is 55.4 Å². The predicted molar refractivity (Wildman–Crippen MR) is 83.0 cm³/mol. The van der Waals surface area contributed by atoms with Crippen molar-refractivity contribution in [2.24, 2.45) is 0 Å². The van der Waals surface area contributed by atoms with E-state index in [1.54, 1.807) is 48.5 Å². The van der Waals surface area contributed by atoms with Crippen molar-refractivity contribution >= 4 is 38.3 Å². The van der Waals surface area contributed by atoms with Crippen LogP contribution in [-0.4, -0.2) is 15.5 Å². The van der Waals surface area contributed by atoms with E-state index < -0.39 is 10.0 Å². The molecule has 0 aliphatic carbocycles. The van der Waals surface area contributed by atoms with Gasteiger partial charge in [-0.1, -0.05) is 6.07 Å². The highest BCUT2D eigenvalue weighted by Gasteiger charge is 2.13. The molecule has 4 nitrogen and oxygen atoms in total. The summed E-state index contributed by atoms with van der Waals surface area (Å²) in [7, 11) is -2.03. The molecule has 0 bridgehead atoms. The van der Waals surface area contributed by atoms with Crippen LogP contribution in [0.1, 0.15) is 0 Å². The lowest BCUT2D eigenvalue weighted by molar-refractivity contribution is 0.415. The molecule has 100 valence electrons. The van der Waals surface area contributed by atoms with Crippen LogP contribution in [0.3, 0.4) is 0 Å². The van der Waals surface area contributed by atoms with Crippen LogP contribution in [0.2, 0.25) is 0 Å². The second-order valence-electron chi connectivity index (χ2n) is 3.79. The van der Waals surface area contributed by atoms with Gasteiger partial charge in [0, 0.05) is 9.64 Å². The first-order valence-electron chi connectivity index (χ1n) is 5.44. The molecular formula is C13H12INO3S. The Bertz CT molecular complexity index is 669. The number of hydrogen-bond acceptors (Lipinski definition) is 3. The molecule has 0 saturated carbocycles. The number of anilines is 1. The number of sulfonamides is 1. The highest BCUT2D eigenvalue weighted by atomic mass is 127. The maximum absolute atomic E-state index is 12.2. The van der Waals surface area contributed by atoms with Crippen LogP contribution in [0.25, 0.3) is 0 Å². The molecule has 0 heterocycles. The Morgan fingerprint density at radius 3 is 2.42 bits per heavy atom. The van der Waals surface area contributed by atoms with Gasteiger partial charge in [-0.05, 0) is 59.0 Å². The average molecular weight is 389 g/mol. The van der Waals surface area contributed by atoms with Gasteiger partial charge in [0.05, 0.1) is 17.7 Å². The lowest BCUT2D eigenvalue weighted by Crippen LogP contribution is -2.12. The Labute approximate surface area is 126 Å². The number of ether oxygens (including phenoxy) is 1. The van der Waals surface area contributed by atoms with Crippen molar-refractivity contribution in [2.45, 2.75) is 4.90 Å². The van der Waals surface area contributed by atoms with Crippen LogP contribution in [0.4, 0.5) is 5.69 Å². The van der Waals surface area contributed by atoms with Crippen LogP contribution in [0.15, 0.2) is 53.4 Å². The van der Waals surface area contributed by atoms with E-state index in [0.29, 0.717) is 11.4 Å². The number of nitrogens with one attached hydrogen (secondary N) is 1. The summed E-state index contributed by atoms with van der Waals surface area (Å²) in [5.74, 6) is 0.600. The van der Waals surface area contributed by atoms with Crippen molar-refractivity contribution in [1.29, 1.82) is 0 Å². The summed E-state index contributed by atoms with van der Waals surface area (Å²) in [4.78, 5) is 0.232. The SMILES string of the molecule is COc1cccc(NS(=O)(=O)c2ccc(I)cc2)c1. The molecule has 0 aliphatic heterocycles. The van der Waals surface area contributed by atoms with Crippen LogP contribution in [0.5, 0.6) is 5.75 Å². The number of halogens is 1. The summed E-state index contributed by atoms with van der Waals surface area (Å²) < 4.78 is 32.9. The Morgan fingerprint density at radius 2 is 1.79 bits per heavy atom. The summed E-state index contributed by atoms with van der Waals surface area (Å²) in [6.45, 7) is 0. The minimum absolute atomic E-state index is 0.232. The second-order valence-corrected chi connectivity index (χ2v) is 6.72. The maximum Gasteiger partial charge on any atom is 0.261 e. The molecule has 0 atom stereocenters. The highest BCUT2D eigenvalue weighted by Crippen LogP contribution is 2.21. The molecule has 19 heavy (non-hydrogen) atoms. The fourth-order valence-electron chi connectivity index (χ4n) is 1.51. The molecule has 0 fully saturated rings. The molecule has 0 spiro atoms. The van der Waals surface area contributed by atoms with Gasteiger partial charge in [-0.3, -0.25) is 4.72 Å². The highest BCUT2D eigenvalue weighted by molar-refractivity contribution is 14.1. The van der Waals surface area contributed by atoms with Gasteiger partial charge >= 0.3 is 0 Å². The fourth-order valence-corrected chi connectivity index (χ4v) is 2.92. The van der Waals surface area contributed by atoms with Gasteiger partial charge < -0.3 is 4.74 Å². The summed E-state index contributed by atoms with van der Waals surface area (Å²) in [5.41, 5.74) is 0.470. The van der Waals surface area contributed by atoms with E-state index in [9.17, 15) is 8.42 Å². The number of methoxy groups -OCH3 is 1. The molecule has 2 aromatic rings. The minimum atomic E-state index is -3.56. The fraction of sp³-hybridized carbons (Fsp3) is 0.0769. The summed E-state index contributed by atoms with van der Waals surface area (Å²) in [6.07, 6.45) is 0. The third-order valence-electron chi connectivity index (χ3n) is 2.45. The van der Waals surface area contributed by atoms with Gasteiger partial charge in [0.25, 0.3) is 10.0 Å². The third-order valence-corrected chi connectivity index (χ3v) is 4.56. The molecule has 0 radical (unpaired) electrons. The largest absolute Gasteiger partial charge is 0.497 e. The van der Waals surface area contributed by atoms with E-state index in [1.807, 2.05) is 0 Å². The molecule has 2 aromatic carbocycles. The smallest absolute Gasteiger partial charge is 0.261 e. The first-order valence-corrected chi connectivity index (χ1v) is 8.00. The van der Waals surface area contributed by atoms with Gasteiger partial charge in [-0.25, -0.2) is 8.42 Å². The number of rotatable bonds is 4. The van der Waals surface area contributed by atoms with Gasteiger partial charge in [-0.2, -0.15) is 0 Å². The lowest BCUT2D eigenvalue weighted by atomic mass is 10.3. The summed E-state index contributed by atoms with van der Waals surface area (Å²) in [6, 6.07) is 13.4. The van der Waals surface area contributed by atoms with E-state index in [2.05, 4.69) is 27.3 Å². The van der Waals surface area contributed by atoms with Crippen molar-refractivity contribution in [3.8, 4) is 5.75 Å². The van der Waals surface area contributed by atoms with Crippen molar-refractivity contribution in [2.75, 3.05) is 11.8 Å². The average Bonchev–Trinajstić information content (AvgIpc) is 2.39. The second kappa shape index (κ2) is 5.79. The van der Waals surface area contributed by atoms with Crippen molar-refractivity contribution in [3.05, 3.63) is 52.1 Å². The van der Waals surface area contributed by atoms with E-state index in [0.717, 1.165) is 3.57 Å². The summed E-state index contributed by atoms with van der Waals surface area (Å²) in [5, 5.41) is 0. The van der Waals surface area contributed by atoms with Crippen molar-refractivity contribution in [1.82, 2.24) is 0 Å². The quantitative estimate of drug-likeness (QED) is 0.818. The zero-order chi connectivity index (χ0) is 13.9. The zero-order valence-corrected chi connectivity index (χ0v) is 13.1. The van der Waals surface area contributed by atoms with Crippen LogP contribution in [-0.2, 0) is 10.0 Å². The predicted octanol–water partition coefficient (Wildman–Crippen LogP) is 3.10. The molecule has 6 heteroatoms. The number of hydrogen-bond donors (Lipinski definition) is 1. The van der Waals surface area contributed by atoms with Crippen LogP contribution < -0.4 is 9.46 Å². The molecular weight excluding hydrogens is 377 g/mol. The molecule has 0 aromatic heterocycles. The first kappa shape index (κ1) is 14.1. The molecule has 0 saturated heterocycles. The van der Waals surface area contributed by atoms with E-state index >= 15 is 0 Å². The Hall–Kier alpha value is -1.28. The molecule has 2 rings (SSSR count). The van der Waals surface area contributed by atoms with Gasteiger partial charge in [0.2, 0.25) is 0 Å². The standard InChI is InChI=1S/C13H12INO3S/c1-18-12-4-2-3-11(9-12)15-19(16,17)13-7-5-10(14)6-8-13/h2-9,15H,1H3. The monoisotopic (exact) mass is 389 g/mol. The van der Waals surface area contributed by atoms with Gasteiger partial charge in [-0.15, -0.1) is 0 Å². The van der Waals surface area contributed by atoms with E-state index in [-0.39, 0.29) is 4.90 Å². The maximum atomic E-state index is 12.2. The molecule has 0 unspecified atom stereocenters. The summed E-state index contributed by atoms with van der Waals surface area (Å²) >= 11 is 2.13. The Balaban J connectivity index is 2.28. The van der Waals surface area contributed by atoms with Gasteiger partial charge in [0.15, 0.2) is 0 Å². The van der Waals surface area contributed by atoms with Crippen LogP contribution in [0, 0.1) is 3.57 Å². The Morgan fingerprint density at radius 1 is 1.11 bits per heavy atom. The zero-order valence-electron chi connectivity index (χ0n) is 10.1. The first-order chi connectivity index (χ1) is 9.01. The van der Waals surface area contributed by atoms with E-state index in [4.69, 9.17) is 4.74 Å².